The zero-order valence-electron chi connectivity index (χ0n) is 14.3. The number of fused-ring (bicyclic) bond motifs is 1. The number of ether oxygens (including phenoxy) is 2. The third kappa shape index (κ3) is 4.27. The molecule has 1 aromatic rings. The molecule has 0 saturated carbocycles. The molecule has 0 bridgehead atoms. The van der Waals surface area contributed by atoms with Crippen LogP contribution in [0.1, 0.15) is 18.4 Å². The number of likely N-dealkylation sites (tertiary alicyclic amines) is 1. The van der Waals surface area contributed by atoms with Crippen molar-refractivity contribution in [2.45, 2.75) is 19.3 Å². The van der Waals surface area contributed by atoms with Gasteiger partial charge in [0.1, 0.15) is 12.4 Å². The molecule has 26 heavy (non-hydrogen) atoms. The van der Waals surface area contributed by atoms with Crippen molar-refractivity contribution in [2.24, 2.45) is 17.6 Å². The number of amides is 2. The fourth-order valence-corrected chi connectivity index (χ4v) is 3.49. The number of carbonyl (C=O) groups is 3. The third-order valence-corrected chi connectivity index (χ3v) is 5.01. The molecule has 0 unspecified atom stereocenters. The number of benzene rings is 1. The van der Waals surface area contributed by atoms with Gasteiger partial charge < -0.3 is 20.1 Å². The number of nitrogens with zero attached hydrogens (tertiary/aromatic N) is 1. The summed E-state index contributed by atoms with van der Waals surface area (Å²) in [4.78, 5) is 37.3. The van der Waals surface area contributed by atoms with Gasteiger partial charge in [-0.1, -0.05) is 11.6 Å². The van der Waals surface area contributed by atoms with Gasteiger partial charge in [-0.3, -0.25) is 14.4 Å². The maximum Gasteiger partial charge on any atom is 0.313 e. The summed E-state index contributed by atoms with van der Waals surface area (Å²) < 4.78 is 10.7. The van der Waals surface area contributed by atoms with E-state index in [0.717, 1.165) is 5.56 Å². The lowest BCUT2D eigenvalue weighted by molar-refractivity contribution is -0.157. The molecule has 2 heterocycles. The summed E-state index contributed by atoms with van der Waals surface area (Å²) in [6, 6.07) is 5.27. The fraction of sp³-hybridized carbons (Fsp3) is 0.500. The number of esters is 1. The number of hydrogen-bond donors (Lipinski definition) is 1. The summed E-state index contributed by atoms with van der Waals surface area (Å²) >= 11 is 5.97. The summed E-state index contributed by atoms with van der Waals surface area (Å²) in [5.41, 5.74) is 6.16. The van der Waals surface area contributed by atoms with Gasteiger partial charge in [0, 0.05) is 18.1 Å². The molecule has 1 saturated heterocycles. The minimum absolute atomic E-state index is 0.203. The standard InChI is InChI=1S/C18H21ClN2O5/c19-14-3-4-15-12(7-14)6-13(9-25-15)18(24)26-10-16(22)21-5-1-2-11(8-21)17(20)23/h3-4,7,11,13H,1-2,5-6,8-10H2,(H2,20,23)/t11-,13-/m0/s1. The zero-order chi connectivity index (χ0) is 18.7. The maximum absolute atomic E-state index is 12.3. The van der Waals surface area contributed by atoms with Gasteiger partial charge in [0.05, 0.1) is 11.8 Å². The van der Waals surface area contributed by atoms with E-state index in [2.05, 4.69) is 0 Å². The molecule has 3 rings (SSSR count). The largest absolute Gasteiger partial charge is 0.492 e. The van der Waals surface area contributed by atoms with Crippen LogP contribution in [0.15, 0.2) is 18.2 Å². The molecule has 0 spiro atoms. The van der Waals surface area contributed by atoms with Gasteiger partial charge in [-0.05, 0) is 43.0 Å². The van der Waals surface area contributed by atoms with Crippen molar-refractivity contribution in [3.8, 4) is 5.75 Å². The smallest absolute Gasteiger partial charge is 0.313 e. The molecule has 2 atom stereocenters. The van der Waals surface area contributed by atoms with E-state index in [1.54, 1.807) is 18.2 Å². The molecule has 140 valence electrons. The first-order valence-corrected chi connectivity index (χ1v) is 8.97. The Morgan fingerprint density at radius 1 is 1.31 bits per heavy atom. The van der Waals surface area contributed by atoms with Crippen LogP contribution in [-0.4, -0.2) is 49.0 Å². The first kappa shape index (κ1) is 18.5. The second-order valence-corrected chi connectivity index (χ2v) is 7.09. The Labute approximate surface area is 156 Å². The number of nitrogens with two attached hydrogens (primary N) is 1. The molecule has 2 aliphatic rings. The third-order valence-electron chi connectivity index (χ3n) is 4.78. The van der Waals surface area contributed by atoms with Crippen molar-refractivity contribution >= 4 is 29.4 Å². The highest BCUT2D eigenvalue weighted by Gasteiger charge is 2.30. The minimum Gasteiger partial charge on any atom is -0.492 e. The number of hydrogen-bond acceptors (Lipinski definition) is 5. The van der Waals surface area contributed by atoms with Gasteiger partial charge in [-0.25, -0.2) is 0 Å². The van der Waals surface area contributed by atoms with E-state index in [1.165, 1.54) is 4.90 Å². The van der Waals surface area contributed by atoms with Crippen molar-refractivity contribution in [1.82, 2.24) is 4.90 Å². The Morgan fingerprint density at radius 3 is 2.88 bits per heavy atom. The van der Waals surface area contributed by atoms with Crippen LogP contribution in [0, 0.1) is 11.8 Å². The molecule has 0 radical (unpaired) electrons. The van der Waals surface area contributed by atoms with Crippen molar-refractivity contribution < 1.29 is 23.9 Å². The van der Waals surface area contributed by atoms with Crippen molar-refractivity contribution in [3.05, 3.63) is 28.8 Å². The van der Waals surface area contributed by atoms with Gasteiger partial charge in [-0.2, -0.15) is 0 Å². The zero-order valence-corrected chi connectivity index (χ0v) is 15.0. The molecule has 1 aromatic carbocycles. The molecule has 2 amide bonds. The summed E-state index contributed by atoms with van der Waals surface area (Å²) in [6.45, 7) is 0.682. The summed E-state index contributed by atoms with van der Waals surface area (Å²) in [6.07, 6.45) is 1.85. The number of piperidine rings is 1. The van der Waals surface area contributed by atoms with Crippen LogP contribution in [0.2, 0.25) is 5.02 Å². The van der Waals surface area contributed by atoms with Crippen LogP contribution in [0.25, 0.3) is 0 Å². The summed E-state index contributed by atoms with van der Waals surface area (Å²) in [5.74, 6) is -1.31. The molecule has 2 N–H and O–H groups in total. The molecule has 2 aliphatic heterocycles. The number of rotatable bonds is 4. The fourth-order valence-electron chi connectivity index (χ4n) is 3.29. The Balaban J connectivity index is 1.51. The lowest BCUT2D eigenvalue weighted by Gasteiger charge is -2.31. The minimum atomic E-state index is -0.479. The Bertz CT molecular complexity index is 724. The first-order valence-electron chi connectivity index (χ1n) is 8.59. The van der Waals surface area contributed by atoms with Crippen LogP contribution in [0.4, 0.5) is 0 Å². The molecule has 0 aliphatic carbocycles. The monoisotopic (exact) mass is 380 g/mol. The van der Waals surface area contributed by atoms with Gasteiger partial charge >= 0.3 is 5.97 Å². The van der Waals surface area contributed by atoms with Gasteiger partial charge in [-0.15, -0.1) is 0 Å². The van der Waals surface area contributed by atoms with E-state index in [4.69, 9.17) is 26.8 Å². The Hall–Kier alpha value is -2.28. The average Bonchev–Trinajstić information content (AvgIpc) is 2.65. The molecule has 8 heteroatoms. The van der Waals surface area contributed by atoms with Crippen LogP contribution >= 0.6 is 11.6 Å². The molecule has 0 aromatic heterocycles. The van der Waals surface area contributed by atoms with E-state index in [1.807, 2.05) is 0 Å². The maximum atomic E-state index is 12.3. The van der Waals surface area contributed by atoms with Crippen LogP contribution in [-0.2, 0) is 25.5 Å². The van der Waals surface area contributed by atoms with Gasteiger partial charge in [0.25, 0.3) is 5.91 Å². The Morgan fingerprint density at radius 2 is 2.12 bits per heavy atom. The summed E-state index contributed by atoms with van der Waals surface area (Å²) in [7, 11) is 0. The van der Waals surface area contributed by atoms with Crippen LogP contribution < -0.4 is 10.5 Å². The Kier molecular flexibility index (Phi) is 5.66. The normalized spacial score (nSPS) is 22.1. The lowest BCUT2D eigenvalue weighted by atomic mass is 9.97. The van der Waals surface area contributed by atoms with E-state index in [-0.39, 0.29) is 31.6 Å². The highest BCUT2D eigenvalue weighted by molar-refractivity contribution is 6.30. The van der Waals surface area contributed by atoms with Gasteiger partial charge in [0.2, 0.25) is 5.91 Å². The van der Waals surface area contributed by atoms with E-state index in [9.17, 15) is 14.4 Å². The van der Waals surface area contributed by atoms with Gasteiger partial charge in [0.15, 0.2) is 6.61 Å². The number of halogens is 1. The van der Waals surface area contributed by atoms with E-state index < -0.39 is 17.8 Å². The highest BCUT2D eigenvalue weighted by Crippen LogP contribution is 2.30. The molecule has 7 nitrogen and oxygen atoms in total. The topological polar surface area (TPSA) is 98.9 Å². The van der Waals surface area contributed by atoms with Crippen LogP contribution in [0.5, 0.6) is 5.75 Å². The molecule has 1 fully saturated rings. The highest BCUT2D eigenvalue weighted by atomic mass is 35.5. The van der Waals surface area contributed by atoms with E-state index >= 15 is 0 Å². The molecular formula is C18H21ClN2O5. The first-order chi connectivity index (χ1) is 12.4. The lowest BCUT2D eigenvalue weighted by Crippen LogP contribution is -2.45. The van der Waals surface area contributed by atoms with Crippen LogP contribution in [0.3, 0.4) is 0 Å². The average molecular weight is 381 g/mol. The van der Waals surface area contributed by atoms with E-state index in [0.29, 0.717) is 36.6 Å². The predicted octanol–water partition coefficient (Wildman–Crippen LogP) is 1.16. The summed E-state index contributed by atoms with van der Waals surface area (Å²) in [5, 5.41) is 0.575. The molecular weight excluding hydrogens is 360 g/mol. The van der Waals surface area contributed by atoms with Crippen molar-refractivity contribution in [1.29, 1.82) is 0 Å². The quantitative estimate of drug-likeness (QED) is 0.790. The number of carbonyl (C=O) groups excluding carboxylic acids is 3. The predicted molar refractivity (Wildman–Crippen MR) is 93.6 cm³/mol. The van der Waals surface area contributed by atoms with Crippen molar-refractivity contribution in [3.63, 3.8) is 0 Å². The second-order valence-electron chi connectivity index (χ2n) is 6.65. The SMILES string of the molecule is NC(=O)[C@H]1CCCN(C(=O)COC(=O)[C@@H]2COc3ccc(Cl)cc3C2)C1. The second kappa shape index (κ2) is 7.95. The van der Waals surface area contributed by atoms with Crippen molar-refractivity contribution in [2.75, 3.05) is 26.3 Å². The number of primary amides is 1.